The Hall–Kier alpha value is -5.02. The molecule has 0 aliphatic carbocycles. The average Bonchev–Trinajstić information content (AvgIpc) is 3.55. The van der Waals surface area contributed by atoms with Gasteiger partial charge in [-0.15, -0.1) is 0 Å². The average molecular weight is 591 g/mol. The Labute approximate surface area is 249 Å². The lowest BCUT2D eigenvalue weighted by Crippen LogP contribution is -2.20. The van der Waals surface area contributed by atoms with Crippen molar-refractivity contribution in [2.24, 2.45) is 0 Å². The van der Waals surface area contributed by atoms with Gasteiger partial charge in [0.05, 0.1) is 33.5 Å². The highest BCUT2D eigenvalue weighted by Crippen LogP contribution is 2.41. The van der Waals surface area contributed by atoms with Crippen molar-refractivity contribution in [3.8, 4) is 22.6 Å². The van der Waals surface area contributed by atoms with E-state index in [2.05, 4.69) is 41.0 Å². The molecule has 4 heterocycles. The van der Waals surface area contributed by atoms with Crippen molar-refractivity contribution in [2.45, 2.75) is 6.92 Å². The molecule has 0 saturated heterocycles. The van der Waals surface area contributed by atoms with Crippen molar-refractivity contribution >= 4 is 60.9 Å². The number of carbonyl (C=O) groups excluding carboxylic acids is 1. The molecule has 0 saturated carbocycles. The standard InChI is InChI=1S/C34H27FN4O3S/c1-19-23-7-5-6-8-27(23)39-16-15-20-11-14-26(37-31(20)32(19)39)24-17-25-29(18-28(24)38(3)43(4)41)42-33(30(25)34(40)36-2)21-9-12-22(35)13-10-21/h5-18H,1-4H3,(H,36,40). The predicted octanol–water partition coefficient (Wildman–Crippen LogP) is 7.26. The molecule has 3 aromatic carbocycles. The van der Waals surface area contributed by atoms with Gasteiger partial charge < -0.3 is 14.1 Å². The number of furan rings is 1. The maximum absolute atomic E-state index is 13.7. The van der Waals surface area contributed by atoms with E-state index < -0.39 is 11.0 Å². The number of aromatic nitrogens is 2. The number of rotatable bonds is 5. The largest absolute Gasteiger partial charge is 0.455 e. The Bertz CT molecular complexity index is 2270. The molecule has 1 amide bonds. The van der Waals surface area contributed by atoms with Gasteiger partial charge in [-0.3, -0.25) is 9.10 Å². The fourth-order valence-corrected chi connectivity index (χ4v) is 6.29. The number of para-hydroxylation sites is 1. The van der Waals surface area contributed by atoms with Crippen LogP contribution in [0.5, 0.6) is 0 Å². The molecular formula is C34H27FN4O3S. The fraction of sp³-hybridized carbons (Fsp3) is 0.118. The molecular weight excluding hydrogens is 563 g/mol. The Kier molecular flexibility index (Phi) is 6.28. The summed E-state index contributed by atoms with van der Waals surface area (Å²) in [5.41, 5.74) is 7.41. The van der Waals surface area contributed by atoms with E-state index in [1.165, 1.54) is 12.1 Å². The van der Waals surface area contributed by atoms with E-state index in [0.29, 0.717) is 44.8 Å². The second-order valence-electron chi connectivity index (χ2n) is 10.5. The molecule has 214 valence electrons. The summed E-state index contributed by atoms with van der Waals surface area (Å²) in [5.74, 6) is -0.408. The number of nitrogens with zero attached hydrogens (tertiary/aromatic N) is 3. The number of benzene rings is 3. The van der Waals surface area contributed by atoms with Gasteiger partial charge in [-0.1, -0.05) is 24.3 Å². The summed E-state index contributed by atoms with van der Waals surface area (Å²) in [6.45, 7) is 2.11. The zero-order valence-electron chi connectivity index (χ0n) is 23.9. The van der Waals surface area contributed by atoms with Crippen LogP contribution in [-0.2, 0) is 11.0 Å². The molecule has 9 heteroatoms. The molecule has 1 unspecified atom stereocenters. The molecule has 43 heavy (non-hydrogen) atoms. The number of hydrogen-bond acceptors (Lipinski definition) is 4. The van der Waals surface area contributed by atoms with Crippen LogP contribution in [0.15, 0.2) is 89.5 Å². The monoisotopic (exact) mass is 590 g/mol. The van der Waals surface area contributed by atoms with Gasteiger partial charge in [-0.2, -0.15) is 0 Å². The van der Waals surface area contributed by atoms with Gasteiger partial charge in [0.1, 0.15) is 28.1 Å². The van der Waals surface area contributed by atoms with E-state index in [0.717, 1.165) is 32.9 Å². The summed E-state index contributed by atoms with van der Waals surface area (Å²) in [7, 11) is 1.94. The van der Waals surface area contributed by atoms with Crippen molar-refractivity contribution in [2.75, 3.05) is 24.7 Å². The quantitative estimate of drug-likeness (QED) is 0.229. The Morgan fingerprint density at radius 2 is 1.79 bits per heavy atom. The molecule has 7 aromatic rings. The molecule has 0 bridgehead atoms. The Morgan fingerprint density at radius 3 is 2.53 bits per heavy atom. The summed E-state index contributed by atoms with van der Waals surface area (Å²) in [4.78, 5) is 18.4. The Balaban J connectivity index is 1.54. The summed E-state index contributed by atoms with van der Waals surface area (Å²) < 4.78 is 36.6. The van der Waals surface area contributed by atoms with Crippen molar-refractivity contribution in [3.63, 3.8) is 0 Å². The zero-order chi connectivity index (χ0) is 30.0. The highest BCUT2D eigenvalue weighted by Gasteiger charge is 2.25. The van der Waals surface area contributed by atoms with Crippen molar-refractivity contribution in [3.05, 3.63) is 102 Å². The predicted molar refractivity (Wildman–Crippen MR) is 171 cm³/mol. The number of amides is 1. The molecule has 0 spiro atoms. The third-order valence-electron chi connectivity index (χ3n) is 8.09. The highest BCUT2D eigenvalue weighted by atomic mass is 32.2. The molecule has 0 fully saturated rings. The number of nitrogens with one attached hydrogen (secondary N) is 1. The smallest absolute Gasteiger partial charge is 0.255 e. The van der Waals surface area contributed by atoms with Gasteiger partial charge in [0.15, 0.2) is 0 Å². The minimum absolute atomic E-state index is 0.321. The van der Waals surface area contributed by atoms with Gasteiger partial charge >= 0.3 is 0 Å². The van der Waals surface area contributed by atoms with E-state index in [1.807, 2.05) is 30.3 Å². The first kappa shape index (κ1) is 26.9. The lowest BCUT2D eigenvalue weighted by atomic mass is 10.0. The second-order valence-corrected chi connectivity index (χ2v) is 11.9. The molecule has 0 radical (unpaired) electrons. The summed E-state index contributed by atoms with van der Waals surface area (Å²) in [6, 6.07) is 23.8. The van der Waals surface area contributed by atoms with Gasteiger partial charge in [0.2, 0.25) is 0 Å². The second kappa shape index (κ2) is 10.1. The third-order valence-corrected chi connectivity index (χ3v) is 9.05. The van der Waals surface area contributed by atoms with Gasteiger partial charge in [-0.25, -0.2) is 13.6 Å². The number of hydrogen-bond donors (Lipinski definition) is 1. The number of fused-ring (bicyclic) bond motifs is 6. The van der Waals surface area contributed by atoms with Crippen LogP contribution in [0.4, 0.5) is 10.1 Å². The minimum Gasteiger partial charge on any atom is -0.455 e. The normalized spacial score (nSPS) is 12.4. The summed E-state index contributed by atoms with van der Waals surface area (Å²) in [5, 5.41) is 5.43. The lowest BCUT2D eigenvalue weighted by molar-refractivity contribution is 0.0964. The fourth-order valence-electron chi connectivity index (χ4n) is 5.87. The molecule has 4 aromatic heterocycles. The number of pyridine rings is 2. The van der Waals surface area contributed by atoms with Crippen LogP contribution < -0.4 is 9.62 Å². The van der Waals surface area contributed by atoms with Gasteiger partial charge in [0.25, 0.3) is 5.91 Å². The van der Waals surface area contributed by atoms with Crippen molar-refractivity contribution < 1.29 is 17.8 Å². The number of carbonyl (C=O) groups is 1. The number of anilines is 1. The van der Waals surface area contributed by atoms with Gasteiger partial charge in [0, 0.05) is 59.9 Å². The minimum atomic E-state index is -1.36. The molecule has 7 rings (SSSR count). The molecule has 0 aliphatic heterocycles. The molecule has 7 nitrogen and oxygen atoms in total. The van der Waals surface area contributed by atoms with Gasteiger partial charge in [-0.05, 0) is 61.0 Å². The third kappa shape index (κ3) is 4.19. The van der Waals surface area contributed by atoms with E-state index in [-0.39, 0.29) is 11.7 Å². The van der Waals surface area contributed by atoms with E-state index in [1.54, 1.807) is 42.9 Å². The topological polar surface area (TPSA) is 79.9 Å². The van der Waals surface area contributed by atoms with Crippen molar-refractivity contribution in [1.29, 1.82) is 0 Å². The van der Waals surface area contributed by atoms with Crippen LogP contribution in [0.3, 0.4) is 0 Å². The number of aryl methyl sites for hydroxylation is 1. The molecule has 1 atom stereocenters. The Morgan fingerprint density at radius 1 is 1.02 bits per heavy atom. The van der Waals surface area contributed by atoms with Crippen LogP contribution in [-0.4, -0.2) is 39.9 Å². The van der Waals surface area contributed by atoms with Crippen LogP contribution in [0.1, 0.15) is 15.9 Å². The van der Waals surface area contributed by atoms with Crippen LogP contribution in [0.2, 0.25) is 0 Å². The maximum atomic E-state index is 13.7. The first-order valence-electron chi connectivity index (χ1n) is 13.7. The lowest BCUT2D eigenvalue weighted by Gasteiger charge is -2.20. The maximum Gasteiger partial charge on any atom is 0.255 e. The SMILES string of the molecule is CNC(=O)c1c(-c2ccc(F)cc2)oc2cc(N(C)S(C)=O)c(-c3ccc4ccn5c6ccccc6c(C)c5c4n3)cc12. The molecule has 0 aliphatic rings. The first-order chi connectivity index (χ1) is 20.8. The van der Waals surface area contributed by atoms with Crippen LogP contribution in [0.25, 0.3) is 60.9 Å². The number of halogens is 1. The zero-order valence-corrected chi connectivity index (χ0v) is 24.8. The van der Waals surface area contributed by atoms with Crippen LogP contribution >= 0.6 is 0 Å². The first-order valence-corrected chi connectivity index (χ1v) is 15.2. The van der Waals surface area contributed by atoms with Crippen molar-refractivity contribution in [1.82, 2.24) is 14.7 Å². The summed E-state index contributed by atoms with van der Waals surface area (Å²) in [6.07, 6.45) is 3.67. The highest BCUT2D eigenvalue weighted by molar-refractivity contribution is 7.85. The van der Waals surface area contributed by atoms with E-state index >= 15 is 0 Å². The van der Waals surface area contributed by atoms with E-state index in [9.17, 15) is 13.4 Å². The molecule has 1 N–H and O–H groups in total. The van der Waals surface area contributed by atoms with Crippen LogP contribution in [0, 0.1) is 12.7 Å². The summed E-state index contributed by atoms with van der Waals surface area (Å²) >= 11 is 0. The van der Waals surface area contributed by atoms with E-state index in [4.69, 9.17) is 9.40 Å².